The molecule has 4 heteroatoms. The monoisotopic (exact) mass is 264 g/mol. The van der Waals surface area contributed by atoms with Gasteiger partial charge in [-0.25, -0.2) is 0 Å². The lowest BCUT2D eigenvalue weighted by Gasteiger charge is -2.36. The minimum Gasteiger partial charge on any atom is -0.354 e. The summed E-state index contributed by atoms with van der Waals surface area (Å²) < 4.78 is 1.20. The summed E-state index contributed by atoms with van der Waals surface area (Å²) in [6.45, 7) is 12.7. The van der Waals surface area contributed by atoms with Crippen LogP contribution < -0.4 is 0 Å². The standard InChI is InChI=1S/C15H26N3O/c1-4-18(5-2,6-3)13-7-10-17-11-8-15(9-12-17)14-16-19/h8-9,11-12,14H,4-7,10,13H2,1-3H3/q+1. The predicted molar refractivity (Wildman–Crippen MR) is 80.2 cm³/mol. The Balaban J connectivity index is 2.39. The fraction of sp³-hybridized carbons (Fsp3) is 0.600. The van der Waals surface area contributed by atoms with Gasteiger partial charge in [-0.05, 0) is 43.7 Å². The third kappa shape index (κ3) is 4.63. The van der Waals surface area contributed by atoms with Crippen LogP contribution in [-0.2, 0) is 0 Å². The van der Waals surface area contributed by atoms with Crippen LogP contribution in [0, 0.1) is 4.91 Å². The maximum absolute atomic E-state index is 10.1. The zero-order valence-electron chi connectivity index (χ0n) is 12.4. The van der Waals surface area contributed by atoms with Gasteiger partial charge >= 0.3 is 0 Å². The second-order valence-electron chi connectivity index (χ2n) is 4.97. The number of quaternary nitrogens is 1. The van der Waals surface area contributed by atoms with Gasteiger partial charge in [-0.2, -0.15) is 0 Å². The van der Waals surface area contributed by atoms with Crippen molar-refractivity contribution >= 4 is 0 Å². The lowest BCUT2D eigenvalue weighted by Crippen LogP contribution is -2.48. The van der Waals surface area contributed by atoms with Crippen molar-refractivity contribution in [2.75, 3.05) is 32.7 Å². The van der Waals surface area contributed by atoms with E-state index in [0.717, 1.165) is 12.1 Å². The molecule has 1 rings (SSSR count). The van der Waals surface area contributed by atoms with Crippen LogP contribution in [0.1, 0.15) is 27.2 Å². The van der Waals surface area contributed by atoms with Gasteiger partial charge < -0.3 is 9.38 Å². The highest BCUT2D eigenvalue weighted by molar-refractivity contribution is 5.33. The molecule has 1 aliphatic rings. The summed E-state index contributed by atoms with van der Waals surface area (Å²) in [5.41, 5.74) is 0.854. The van der Waals surface area contributed by atoms with Crippen molar-refractivity contribution in [1.29, 1.82) is 0 Å². The molecule has 1 aliphatic heterocycles. The largest absolute Gasteiger partial charge is 0.354 e. The number of nitrogens with zero attached hydrogens (tertiary/aromatic N) is 3. The predicted octanol–water partition coefficient (Wildman–Crippen LogP) is 3.25. The van der Waals surface area contributed by atoms with E-state index < -0.39 is 0 Å². The first kappa shape index (κ1) is 15.6. The van der Waals surface area contributed by atoms with Crippen LogP contribution in [0.15, 0.2) is 41.5 Å². The second-order valence-corrected chi connectivity index (χ2v) is 4.97. The van der Waals surface area contributed by atoms with Crippen molar-refractivity contribution in [3.8, 4) is 0 Å². The molecule has 0 saturated heterocycles. The number of allylic oxidation sites excluding steroid dienone is 3. The van der Waals surface area contributed by atoms with Crippen molar-refractivity contribution in [2.24, 2.45) is 5.18 Å². The molecule has 0 aliphatic carbocycles. The number of nitroso groups, excluding NO2 is 1. The minimum absolute atomic E-state index is 0.854. The summed E-state index contributed by atoms with van der Waals surface area (Å²) in [5, 5.41) is 2.78. The molecule has 0 amide bonds. The third-order valence-corrected chi connectivity index (χ3v) is 4.18. The summed E-state index contributed by atoms with van der Waals surface area (Å²) in [7, 11) is 0. The molecule has 0 fully saturated rings. The average Bonchev–Trinajstić information content (AvgIpc) is 2.46. The summed E-state index contributed by atoms with van der Waals surface area (Å²) in [4.78, 5) is 12.3. The smallest absolute Gasteiger partial charge is 0.0803 e. The fourth-order valence-electron chi connectivity index (χ4n) is 2.50. The Kier molecular flexibility index (Phi) is 6.50. The van der Waals surface area contributed by atoms with Gasteiger partial charge in [0.25, 0.3) is 0 Å². The summed E-state index contributed by atoms with van der Waals surface area (Å²) in [6.07, 6.45) is 10.4. The topological polar surface area (TPSA) is 32.7 Å². The molecule has 0 aromatic rings. The Labute approximate surface area is 116 Å². The van der Waals surface area contributed by atoms with Crippen molar-refractivity contribution in [3.63, 3.8) is 0 Å². The van der Waals surface area contributed by atoms with E-state index in [4.69, 9.17) is 0 Å². The van der Waals surface area contributed by atoms with Gasteiger partial charge in [0.05, 0.1) is 32.4 Å². The van der Waals surface area contributed by atoms with Crippen LogP contribution in [0.4, 0.5) is 0 Å². The van der Waals surface area contributed by atoms with Crippen molar-refractivity contribution in [1.82, 2.24) is 4.90 Å². The molecule has 0 bridgehead atoms. The Morgan fingerprint density at radius 1 is 1.16 bits per heavy atom. The lowest BCUT2D eigenvalue weighted by molar-refractivity contribution is -0.923. The van der Waals surface area contributed by atoms with E-state index in [1.807, 2.05) is 24.6 Å². The molecule has 0 unspecified atom stereocenters. The highest BCUT2D eigenvalue weighted by Gasteiger charge is 2.19. The second kappa shape index (κ2) is 7.89. The Morgan fingerprint density at radius 2 is 1.74 bits per heavy atom. The molecule has 0 saturated carbocycles. The molecule has 1 heterocycles. The SMILES string of the molecule is CC[N+](CC)(CC)CCCN1C=CC(=CN=O)C=C1. The third-order valence-electron chi connectivity index (χ3n) is 4.18. The Hall–Kier alpha value is -1.42. The molecule has 0 atom stereocenters. The molecule has 106 valence electrons. The van der Waals surface area contributed by atoms with Gasteiger partial charge in [0.1, 0.15) is 0 Å². The summed E-state index contributed by atoms with van der Waals surface area (Å²) in [6, 6.07) is 0. The highest BCUT2D eigenvalue weighted by Crippen LogP contribution is 2.12. The van der Waals surface area contributed by atoms with Crippen LogP contribution in [0.25, 0.3) is 0 Å². The minimum atomic E-state index is 0.854. The van der Waals surface area contributed by atoms with Crippen LogP contribution >= 0.6 is 0 Å². The van der Waals surface area contributed by atoms with E-state index in [1.54, 1.807) is 0 Å². The molecular weight excluding hydrogens is 238 g/mol. The average molecular weight is 264 g/mol. The Morgan fingerprint density at radius 3 is 2.21 bits per heavy atom. The van der Waals surface area contributed by atoms with Crippen molar-refractivity contribution in [2.45, 2.75) is 27.2 Å². The quantitative estimate of drug-likeness (QED) is 0.498. The van der Waals surface area contributed by atoms with E-state index in [2.05, 4.69) is 30.8 Å². The number of hydrogen-bond donors (Lipinski definition) is 0. The van der Waals surface area contributed by atoms with E-state index >= 15 is 0 Å². The molecule has 0 aromatic heterocycles. The first-order chi connectivity index (χ1) is 9.19. The normalized spacial score (nSPS) is 14.9. The number of hydrogen-bond acceptors (Lipinski definition) is 3. The number of rotatable bonds is 8. The van der Waals surface area contributed by atoms with Gasteiger partial charge in [0.2, 0.25) is 0 Å². The van der Waals surface area contributed by atoms with E-state index in [1.165, 1.54) is 43.3 Å². The van der Waals surface area contributed by atoms with Crippen LogP contribution in [0.5, 0.6) is 0 Å². The molecule has 19 heavy (non-hydrogen) atoms. The van der Waals surface area contributed by atoms with Gasteiger partial charge in [0.15, 0.2) is 0 Å². The lowest BCUT2D eigenvalue weighted by atomic mass is 10.2. The molecule has 0 aromatic carbocycles. The van der Waals surface area contributed by atoms with Crippen LogP contribution in [0.3, 0.4) is 0 Å². The maximum Gasteiger partial charge on any atom is 0.0803 e. The fourth-order valence-corrected chi connectivity index (χ4v) is 2.50. The van der Waals surface area contributed by atoms with Gasteiger partial charge in [0, 0.05) is 25.4 Å². The zero-order chi connectivity index (χ0) is 14.1. The Bertz CT molecular complexity index is 343. The first-order valence-electron chi connectivity index (χ1n) is 7.19. The van der Waals surface area contributed by atoms with Crippen molar-refractivity contribution in [3.05, 3.63) is 41.2 Å². The molecule has 0 radical (unpaired) electrons. The van der Waals surface area contributed by atoms with E-state index in [9.17, 15) is 4.91 Å². The van der Waals surface area contributed by atoms with E-state index in [-0.39, 0.29) is 0 Å². The van der Waals surface area contributed by atoms with Crippen LogP contribution in [0.2, 0.25) is 0 Å². The summed E-state index contributed by atoms with van der Waals surface area (Å²) >= 11 is 0. The van der Waals surface area contributed by atoms with Gasteiger partial charge in [-0.3, -0.25) is 0 Å². The van der Waals surface area contributed by atoms with E-state index in [0.29, 0.717) is 0 Å². The summed E-state index contributed by atoms with van der Waals surface area (Å²) in [5.74, 6) is 0. The molecule has 0 spiro atoms. The molecule has 0 N–H and O–H groups in total. The highest BCUT2D eigenvalue weighted by atomic mass is 16.2. The maximum atomic E-state index is 10.1. The van der Waals surface area contributed by atoms with Crippen molar-refractivity contribution < 1.29 is 4.48 Å². The zero-order valence-corrected chi connectivity index (χ0v) is 12.4. The molecular formula is C15H26N3O+. The van der Waals surface area contributed by atoms with Gasteiger partial charge in [-0.1, -0.05) is 0 Å². The van der Waals surface area contributed by atoms with Crippen LogP contribution in [-0.4, -0.2) is 42.1 Å². The van der Waals surface area contributed by atoms with Gasteiger partial charge in [-0.15, -0.1) is 4.91 Å². The molecule has 4 nitrogen and oxygen atoms in total. The first-order valence-corrected chi connectivity index (χ1v) is 7.19.